The molecule has 0 saturated carbocycles. The molecule has 4 unspecified atom stereocenters. The van der Waals surface area contributed by atoms with Crippen LogP contribution in [0.1, 0.15) is 33.1 Å². The molecule has 0 aliphatic heterocycles. The maximum absolute atomic E-state index is 12.8. The molecule has 0 heterocycles. The topological polar surface area (TPSA) is 215 Å². The van der Waals surface area contributed by atoms with Crippen LogP contribution < -0.4 is 33.2 Å². The van der Waals surface area contributed by atoms with Gasteiger partial charge < -0.3 is 38.3 Å². The standard InChI is InChI=1S/C19H37N7O5S2/c1-10(2)14(17(29)24-12(18(30)31)5-4-7-23-19(21)22)26-16(28)13(9-32)25-15(27)11(20)6-8-33-3/h10-14,32H,4-9,20H2,1-3H3,(H,24,29)(H,25,27)(H,26,28)(H,30,31)(H4,21,22,23). The second-order valence-electron chi connectivity index (χ2n) is 7.71. The number of guanidine groups is 1. The van der Waals surface area contributed by atoms with E-state index in [1.54, 1.807) is 25.6 Å². The van der Waals surface area contributed by atoms with Gasteiger partial charge in [0.05, 0.1) is 6.04 Å². The summed E-state index contributed by atoms with van der Waals surface area (Å²) < 4.78 is 0. The van der Waals surface area contributed by atoms with Crippen LogP contribution >= 0.6 is 24.4 Å². The van der Waals surface area contributed by atoms with Crippen molar-refractivity contribution in [3.63, 3.8) is 0 Å². The zero-order valence-electron chi connectivity index (χ0n) is 19.2. The number of hydrogen-bond donors (Lipinski definition) is 8. The van der Waals surface area contributed by atoms with E-state index in [2.05, 4.69) is 33.6 Å². The maximum Gasteiger partial charge on any atom is 0.326 e. The van der Waals surface area contributed by atoms with Crippen LogP contribution in [0.5, 0.6) is 0 Å². The summed E-state index contributed by atoms with van der Waals surface area (Å²) in [6, 6.07) is -3.99. The van der Waals surface area contributed by atoms with Crippen molar-refractivity contribution in [1.82, 2.24) is 16.0 Å². The van der Waals surface area contributed by atoms with E-state index in [1.807, 2.05) is 6.26 Å². The lowest BCUT2D eigenvalue weighted by molar-refractivity contribution is -0.142. The Balaban J connectivity index is 5.10. The van der Waals surface area contributed by atoms with Gasteiger partial charge in [0.15, 0.2) is 5.96 Å². The monoisotopic (exact) mass is 507 g/mol. The Morgan fingerprint density at radius 3 is 2.09 bits per heavy atom. The molecule has 0 radical (unpaired) electrons. The zero-order chi connectivity index (χ0) is 25.6. The fourth-order valence-electron chi connectivity index (χ4n) is 2.66. The summed E-state index contributed by atoms with van der Waals surface area (Å²) in [4.78, 5) is 53.0. The summed E-state index contributed by atoms with van der Waals surface area (Å²) in [5.41, 5.74) is 16.3. The van der Waals surface area contributed by atoms with E-state index in [4.69, 9.17) is 17.2 Å². The summed E-state index contributed by atoms with van der Waals surface area (Å²) in [6.07, 6.45) is 2.77. The Hall–Kier alpha value is -2.19. The first kappa shape index (κ1) is 30.8. The second-order valence-corrected chi connectivity index (χ2v) is 9.06. The minimum absolute atomic E-state index is 0.0121. The van der Waals surface area contributed by atoms with Crippen LogP contribution in [0.2, 0.25) is 0 Å². The molecule has 33 heavy (non-hydrogen) atoms. The molecule has 3 amide bonds. The molecule has 0 aliphatic rings. The van der Waals surface area contributed by atoms with Crippen molar-refractivity contribution in [3.05, 3.63) is 0 Å². The Kier molecular flexibility index (Phi) is 15.3. The third kappa shape index (κ3) is 12.6. The van der Waals surface area contributed by atoms with Crippen molar-refractivity contribution < 1.29 is 24.3 Å². The number of nitrogens with two attached hydrogens (primary N) is 3. The molecular formula is C19H37N7O5S2. The third-order valence-corrected chi connectivity index (χ3v) is 5.60. The molecule has 0 fully saturated rings. The molecule has 0 rings (SSSR count). The Morgan fingerprint density at radius 2 is 1.61 bits per heavy atom. The number of rotatable bonds is 16. The van der Waals surface area contributed by atoms with Crippen molar-refractivity contribution in [2.24, 2.45) is 28.1 Å². The molecule has 0 spiro atoms. The van der Waals surface area contributed by atoms with Gasteiger partial charge in [-0.1, -0.05) is 13.8 Å². The first-order valence-electron chi connectivity index (χ1n) is 10.5. The highest BCUT2D eigenvalue weighted by molar-refractivity contribution is 7.98. The van der Waals surface area contributed by atoms with Crippen LogP contribution in [-0.2, 0) is 19.2 Å². The first-order chi connectivity index (χ1) is 15.4. The van der Waals surface area contributed by atoms with Gasteiger partial charge in [0, 0.05) is 12.3 Å². The van der Waals surface area contributed by atoms with E-state index >= 15 is 0 Å². The lowest BCUT2D eigenvalue weighted by Crippen LogP contribution is -2.59. The second kappa shape index (κ2) is 16.4. The molecule has 0 bridgehead atoms. The molecule has 0 aliphatic carbocycles. The molecule has 14 heteroatoms. The van der Waals surface area contributed by atoms with E-state index in [1.165, 1.54) is 0 Å². The van der Waals surface area contributed by atoms with Gasteiger partial charge >= 0.3 is 5.97 Å². The molecule has 0 saturated heterocycles. The van der Waals surface area contributed by atoms with Crippen LogP contribution in [0.3, 0.4) is 0 Å². The molecule has 0 aromatic rings. The SMILES string of the molecule is CSCCC(N)C(=O)NC(CS)C(=O)NC(C(=O)NC(CCCN=C(N)N)C(=O)O)C(C)C. The lowest BCUT2D eigenvalue weighted by atomic mass is 10.0. The fourth-order valence-corrected chi connectivity index (χ4v) is 3.41. The molecule has 0 aromatic carbocycles. The number of carboxylic acid groups (broad SMARTS) is 1. The minimum atomic E-state index is -1.22. The van der Waals surface area contributed by atoms with Gasteiger partial charge in [-0.3, -0.25) is 19.4 Å². The van der Waals surface area contributed by atoms with Crippen LogP contribution in [-0.4, -0.2) is 83.2 Å². The highest BCUT2D eigenvalue weighted by Gasteiger charge is 2.31. The van der Waals surface area contributed by atoms with Crippen LogP contribution in [0, 0.1) is 5.92 Å². The maximum atomic E-state index is 12.8. The molecular weight excluding hydrogens is 470 g/mol. The number of hydrogen-bond acceptors (Lipinski definition) is 8. The number of aliphatic imine (C=N–C) groups is 1. The Labute approximate surface area is 204 Å². The molecule has 10 N–H and O–H groups in total. The van der Waals surface area contributed by atoms with Gasteiger partial charge in [0.2, 0.25) is 17.7 Å². The molecule has 190 valence electrons. The highest BCUT2D eigenvalue weighted by Crippen LogP contribution is 2.06. The van der Waals surface area contributed by atoms with E-state index < -0.39 is 47.9 Å². The largest absolute Gasteiger partial charge is 0.480 e. The number of thioether (sulfide) groups is 1. The van der Waals surface area contributed by atoms with E-state index in [0.29, 0.717) is 18.6 Å². The normalized spacial score (nSPS) is 14.5. The van der Waals surface area contributed by atoms with Crippen LogP contribution in [0.15, 0.2) is 4.99 Å². The predicted octanol–water partition coefficient (Wildman–Crippen LogP) is -1.75. The Morgan fingerprint density at radius 1 is 1.00 bits per heavy atom. The van der Waals surface area contributed by atoms with Crippen molar-refractivity contribution in [1.29, 1.82) is 0 Å². The zero-order valence-corrected chi connectivity index (χ0v) is 21.0. The molecule has 4 atom stereocenters. The average Bonchev–Trinajstić information content (AvgIpc) is 2.74. The van der Waals surface area contributed by atoms with Gasteiger partial charge in [-0.05, 0) is 37.2 Å². The number of carbonyl (C=O) groups is 4. The summed E-state index contributed by atoms with van der Waals surface area (Å²) in [5, 5.41) is 17.0. The summed E-state index contributed by atoms with van der Waals surface area (Å²) in [6.45, 7) is 3.62. The number of aliphatic carboxylic acids is 1. The van der Waals surface area contributed by atoms with Gasteiger partial charge in [0.1, 0.15) is 18.1 Å². The van der Waals surface area contributed by atoms with Gasteiger partial charge in [0.25, 0.3) is 0 Å². The minimum Gasteiger partial charge on any atom is -0.480 e. The average molecular weight is 508 g/mol. The highest BCUT2D eigenvalue weighted by atomic mass is 32.2. The van der Waals surface area contributed by atoms with Gasteiger partial charge in [-0.2, -0.15) is 24.4 Å². The van der Waals surface area contributed by atoms with E-state index in [9.17, 15) is 24.3 Å². The number of thiol groups is 1. The van der Waals surface area contributed by atoms with Crippen molar-refractivity contribution in [3.8, 4) is 0 Å². The van der Waals surface area contributed by atoms with Crippen LogP contribution in [0.25, 0.3) is 0 Å². The first-order valence-corrected chi connectivity index (χ1v) is 12.5. The smallest absolute Gasteiger partial charge is 0.326 e. The van der Waals surface area contributed by atoms with Gasteiger partial charge in [-0.25, -0.2) is 4.79 Å². The number of carbonyl (C=O) groups excluding carboxylic acids is 3. The van der Waals surface area contributed by atoms with Crippen molar-refractivity contribution >= 4 is 54.0 Å². The number of nitrogens with zero attached hydrogens (tertiary/aromatic N) is 1. The number of carboxylic acids is 1. The van der Waals surface area contributed by atoms with Crippen molar-refractivity contribution in [2.45, 2.75) is 57.3 Å². The number of nitrogens with one attached hydrogen (secondary N) is 3. The number of amides is 3. The van der Waals surface area contributed by atoms with E-state index in [-0.39, 0.29) is 30.6 Å². The molecule has 12 nitrogen and oxygen atoms in total. The van der Waals surface area contributed by atoms with Crippen molar-refractivity contribution in [2.75, 3.05) is 24.3 Å². The summed E-state index contributed by atoms with van der Waals surface area (Å²) in [7, 11) is 0. The third-order valence-electron chi connectivity index (χ3n) is 4.59. The quantitative estimate of drug-likeness (QED) is 0.0513. The van der Waals surface area contributed by atoms with Crippen LogP contribution in [0.4, 0.5) is 0 Å². The lowest BCUT2D eigenvalue weighted by Gasteiger charge is -2.26. The predicted molar refractivity (Wildman–Crippen MR) is 133 cm³/mol. The van der Waals surface area contributed by atoms with E-state index in [0.717, 1.165) is 0 Å². The Bertz CT molecular complexity index is 689. The summed E-state index contributed by atoms with van der Waals surface area (Å²) in [5.74, 6) is -2.77. The van der Waals surface area contributed by atoms with Gasteiger partial charge in [-0.15, -0.1) is 0 Å². The molecule has 0 aromatic heterocycles. The summed E-state index contributed by atoms with van der Waals surface area (Å²) >= 11 is 5.66. The fraction of sp³-hybridized carbons (Fsp3) is 0.737.